The normalized spacial score (nSPS) is 11.7. The lowest BCUT2D eigenvalue weighted by molar-refractivity contribution is -0.384. The molecule has 0 saturated carbocycles. The van der Waals surface area contributed by atoms with E-state index in [1.165, 1.54) is 12.1 Å². The number of rotatable bonds is 10. The Kier molecular flexibility index (Phi) is 7.62. The van der Waals surface area contributed by atoms with E-state index in [1.807, 2.05) is 42.0 Å². The van der Waals surface area contributed by atoms with E-state index < -0.39 is 4.92 Å². The number of benzene rings is 1. The van der Waals surface area contributed by atoms with Crippen LogP contribution in [0.1, 0.15) is 29.3 Å². The van der Waals surface area contributed by atoms with E-state index in [-0.39, 0.29) is 30.1 Å². The van der Waals surface area contributed by atoms with E-state index in [1.54, 1.807) is 13.1 Å². The van der Waals surface area contributed by atoms with Crippen molar-refractivity contribution in [2.75, 3.05) is 24.2 Å². The Bertz CT molecular complexity index is 1130. The molecule has 0 aliphatic carbocycles. The smallest absolute Gasteiger partial charge is 0.311 e. The number of carbonyl (C=O) groups is 1. The van der Waals surface area contributed by atoms with Gasteiger partial charge in [-0.25, -0.2) is 4.98 Å². The predicted octanol–water partition coefficient (Wildman–Crippen LogP) is 2.96. The summed E-state index contributed by atoms with van der Waals surface area (Å²) in [5.74, 6) is 0.0875. The number of aliphatic hydroxyl groups is 1. The Morgan fingerprint density at radius 2 is 1.97 bits per heavy atom. The van der Waals surface area contributed by atoms with Crippen LogP contribution >= 0.6 is 0 Å². The monoisotopic (exact) mass is 452 g/mol. The van der Waals surface area contributed by atoms with Gasteiger partial charge >= 0.3 is 5.69 Å². The van der Waals surface area contributed by atoms with E-state index in [0.717, 1.165) is 16.7 Å². The second-order valence-corrected chi connectivity index (χ2v) is 7.88. The standard InChI is InChI=1S/C23H28N6O4/c1-15-4-6-17(7-5-15)18-12-28(13-19(18)23(31)26-16(2)14-30)11-3-10-25-21-9-8-20(29(32)33)22(24)27-21/h4-9,12-13,16,30H,3,10-11,14H2,1-2H3,(H,26,31)(H3,24,25,27)/t16-/m0/s1. The molecule has 0 aliphatic heterocycles. The fraction of sp³-hybridized carbons (Fsp3) is 0.304. The topological polar surface area (TPSA) is 148 Å². The van der Waals surface area contributed by atoms with Gasteiger partial charge in [-0.15, -0.1) is 0 Å². The predicted molar refractivity (Wildman–Crippen MR) is 127 cm³/mol. The molecule has 10 heteroatoms. The van der Waals surface area contributed by atoms with Crippen LogP contribution in [0, 0.1) is 17.0 Å². The molecule has 0 radical (unpaired) electrons. The number of aryl methyl sites for hydroxylation is 2. The Morgan fingerprint density at radius 3 is 2.61 bits per heavy atom. The van der Waals surface area contributed by atoms with Gasteiger partial charge in [-0.1, -0.05) is 29.8 Å². The molecule has 0 aliphatic rings. The maximum Gasteiger partial charge on any atom is 0.311 e. The molecule has 1 amide bonds. The zero-order valence-corrected chi connectivity index (χ0v) is 18.6. The number of nitrogen functional groups attached to an aromatic ring is 1. The average Bonchev–Trinajstić information content (AvgIpc) is 3.21. The molecular weight excluding hydrogens is 424 g/mol. The lowest BCUT2D eigenvalue weighted by Crippen LogP contribution is -2.35. The van der Waals surface area contributed by atoms with Gasteiger partial charge in [-0.2, -0.15) is 0 Å². The summed E-state index contributed by atoms with van der Waals surface area (Å²) in [6.07, 6.45) is 4.46. The van der Waals surface area contributed by atoms with Gasteiger partial charge in [0.1, 0.15) is 5.82 Å². The molecule has 5 N–H and O–H groups in total. The largest absolute Gasteiger partial charge is 0.394 e. The number of hydrogen-bond acceptors (Lipinski definition) is 7. The molecule has 2 aromatic heterocycles. The number of carbonyl (C=O) groups excluding carboxylic acids is 1. The number of nitrogens with one attached hydrogen (secondary N) is 2. The van der Waals surface area contributed by atoms with E-state index in [2.05, 4.69) is 15.6 Å². The van der Waals surface area contributed by atoms with Gasteiger partial charge in [0.15, 0.2) is 0 Å². The minimum atomic E-state index is -0.571. The second-order valence-electron chi connectivity index (χ2n) is 7.88. The fourth-order valence-corrected chi connectivity index (χ4v) is 3.33. The molecule has 0 fully saturated rings. The van der Waals surface area contributed by atoms with Gasteiger partial charge in [-0.3, -0.25) is 14.9 Å². The van der Waals surface area contributed by atoms with Crippen LogP contribution in [0.2, 0.25) is 0 Å². The van der Waals surface area contributed by atoms with Gasteiger partial charge in [0.05, 0.1) is 17.1 Å². The highest BCUT2D eigenvalue weighted by Crippen LogP contribution is 2.26. The minimum Gasteiger partial charge on any atom is -0.394 e. The number of amides is 1. The first-order valence-electron chi connectivity index (χ1n) is 10.6. The maximum atomic E-state index is 12.8. The average molecular weight is 453 g/mol. The van der Waals surface area contributed by atoms with E-state index >= 15 is 0 Å². The quantitative estimate of drug-likeness (QED) is 0.210. The molecule has 0 saturated heterocycles. The summed E-state index contributed by atoms with van der Waals surface area (Å²) in [6.45, 7) is 4.80. The molecule has 1 aromatic carbocycles. The van der Waals surface area contributed by atoms with Crippen LogP contribution in [0.15, 0.2) is 48.8 Å². The molecule has 3 aromatic rings. The van der Waals surface area contributed by atoms with Crippen LogP contribution in [0.4, 0.5) is 17.3 Å². The minimum absolute atomic E-state index is 0.133. The molecule has 1 atom stereocenters. The number of nitrogens with zero attached hydrogens (tertiary/aromatic N) is 3. The van der Waals surface area contributed by atoms with Crippen LogP contribution in [0.3, 0.4) is 0 Å². The van der Waals surface area contributed by atoms with Crippen LogP contribution in [0.5, 0.6) is 0 Å². The van der Waals surface area contributed by atoms with Crippen molar-refractivity contribution in [1.29, 1.82) is 0 Å². The molecule has 0 spiro atoms. The van der Waals surface area contributed by atoms with Crippen molar-refractivity contribution >= 4 is 23.2 Å². The number of hydrogen-bond donors (Lipinski definition) is 4. The number of aromatic nitrogens is 2. The van der Waals surface area contributed by atoms with Gasteiger partial charge in [0.25, 0.3) is 5.91 Å². The van der Waals surface area contributed by atoms with Crippen molar-refractivity contribution in [3.8, 4) is 11.1 Å². The van der Waals surface area contributed by atoms with Crippen LogP contribution in [-0.4, -0.2) is 44.7 Å². The first kappa shape index (κ1) is 23.7. The molecule has 0 unspecified atom stereocenters. The van der Waals surface area contributed by atoms with E-state index in [4.69, 9.17) is 5.73 Å². The third-order valence-electron chi connectivity index (χ3n) is 5.14. The van der Waals surface area contributed by atoms with Crippen LogP contribution in [-0.2, 0) is 6.54 Å². The van der Waals surface area contributed by atoms with Crippen LogP contribution in [0.25, 0.3) is 11.1 Å². The highest BCUT2D eigenvalue weighted by molar-refractivity contribution is 6.01. The van der Waals surface area contributed by atoms with Crippen molar-refractivity contribution in [1.82, 2.24) is 14.9 Å². The van der Waals surface area contributed by atoms with Crippen molar-refractivity contribution in [3.63, 3.8) is 0 Å². The Morgan fingerprint density at radius 1 is 1.24 bits per heavy atom. The SMILES string of the molecule is Cc1ccc(-c2cn(CCCNc3ccc([N+](=O)[O-])c(N)n3)cc2C(=O)N[C@@H](C)CO)cc1. The number of pyridine rings is 1. The second kappa shape index (κ2) is 10.6. The number of nitrogens with two attached hydrogens (primary N) is 1. The van der Waals surface area contributed by atoms with E-state index in [0.29, 0.717) is 30.9 Å². The third-order valence-corrected chi connectivity index (χ3v) is 5.14. The fourth-order valence-electron chi connectivity index (χ4n) is 3.33. The zero-order valence-electron chi connectivity index (χ0n) is 18.6. The molecule has 3 rings (SSSR count). The number of anilines is 2. The van der Waals surface area contributed by atoms with Crippen molar-refractivity contribution in [2.45, 2.75) is 32.9 Å². The summed E-state index contributed by atoms with van der Waals surface area (Å²) in [4.78, 5) is 27.1. The molecule has 0 bridgehead atoms. The van der Waals surface area contributed by atoms with Gasteiger partial charge in [0.2, 0.25) is 5.82 Å². The number of nitro groups is 1. The Balaban J connectivity index is 1.69. The Labute approximate surface area is 191 Å². The molecule has 10 nitrogen and oxygen atoms in total. The molecule has 2 heterocycles. The van der Waals surface area contributed by atoms with Crippen molar-refractivity contribution < 1.29 is 14.8 Å². The summed E-state index contributed by atoms with van der Waals surface area (Å²) in [7, 11) is 0. The van der Waals surface area contributed by atoms with Crippen molar-refractivity contribution in [3.05, 3.63) is 70.0 Å². The summed E-state index contributed by atoms with van der Waals surface area (Å²) in [5.41, 5.74) is 8.82. The highest BCUT2D eigenvalue weighted by Gasteiger charge is 2.18. The lowest BCUT2D eigenvalue weighted by atomic mass is 10.0. The summed E-state index contributed by atoms with van der Waals surface area (Å²) in [5, 5.41) is 26.0. The van der Waals surface area contributed by atoms with Gasteiger partial charge in [0, 0.05) is 43.2 Å². The van der Waals surface area contributed by atoms with Gasteiger partial charge in [-0.05, 0) is 31.9 Å². The molecule has 33 heavy (non-hydrogen) atoms. The number of aliphatic hydroxyl groups excluding tert-OH is 1. The lowest BCUT2D eigenvalue weighted by Gasteiger charge is -2.11. The van der Waals surface area contributed by atoms with Crippen molar-refractivity contribution in [2.24, 2.45) is 0 Å². The van der Waals surface area contributed by atoms with Gasteiger partial charge < -0.3 is 26.0 Å². The van der Waals surface area contributed by atoms with E-state index in [9.17, 15) is 20.0 Å². The molecular formula is C23H28N6O4. The summed E-state index contributed by atoms with van der Waals surface area (Å²) >= 11 is 0. The first-order valence-corrected chi connectivity index (χ1v) is 10.6. The summed E-state index contributed by atoms with van der Waals surface area (Å²) < 4.78 is 1.95. The zero-order chi connectivity index (χ0) is 24.0. The molecule has 174 valence electrons. The van der Waals surface area contributed by atoms with Crippen LogP contribution < -0.4 is 16.4 Å². The Hall–Kier alpha value is -3.92. The maximum absolute atomic E-state index is 12.8. The summed E-state index contributed by atoms with van der Waals surface area (Å²) in [6, 6.07) is 10.4. The third kappa shape index (κ3) is 6.07. The first-order chi connectivity index (χ1) is 15.8. The highest BCUT2D eigenvalue weighted by atomic mass is 16.6.